The Balaban J connectivity index is 1.79. The second-order valence-corrected chi connectivity index (χ2v) is 4.59. The fourth-order valence-corrected chi connectivity index (χ4v) is 2.08. The fraction of sp³-hybridized carbons (Fsp3) is 0.125. The second kappa shape index (κ2) is 4.76. The number of aryl methyl sites for hydroxylation is 1. The molecule has 96 valence electrons. The summed E-state index contributed by atoms with van der Waals surface area (Å²) in [5, 5.41) is 1.11. The van der Waals surface area contributed by atoms with Crippen molar-refractivity contribution in [2.45, 2.75) is 13.5 Å². The molecule has 0 aliphatic heterocycles. The molecule has 1 heterocycles. The molecular formula is C16H14FNO. The highest BCUT2D eigenvalue weighted by Crippen LogP contribution is 2.21. The molecule has 0 saturated carbocycles. The van der Waals surface area contributed by atoms with Gasteiger partial charge in [-0.05, 0) is 54.4 Å². The lowest BCUT2D eigenvalue weighted by molar-refractivity contribution is 0.305. The van der Waals surface area contributed by atoms with Gasteiger partial charge in [0.25, 0.3) is 0 Å². The molecule has 1 aromatic heterocycles. The van der Waals surface area contributed by atoms with Gasteiger partial charge in [0.1, 0.15) is 18.2 Å². The lowest BCUT2D eigenvalue weighted by Crippen LogP contribution is -1.98. The molecule has 0 atom stereocenters. The zero-order valence-corrected chi connectivity index (χ0v) is 10.6. The molecule has 0 aliphatic rings. The van der Waals surface area contributed by atoms with Crippen molar-refractivity contribution in [3.63, 3.8) is 0 Å². The second-order valence-electron chi connectivity index (χ2n) is 4.59. The zero-order valence-electron chi connectivity index (χ0n) is 10.6. The number of hydrogen-bond donors (Lipinski definition) is 1. The van der Waals surface area contributed by atoms with Gasteiger partial charge in [-0.3, -0.25) is 0 Å². The van der Waals surface area contributed by atoms with Crippen LogP contribution >= 0.6 is 0 Å². The molecule has 0 fully saturated rings. The van der Waals surface area contributed by atoms with E-state index < -0.39 is 0 Å². The number of ether oxygens (including phenoxy) is 1. The Morgan fingerprint density at radius 2 is 2.00 bits per heavy atom. The standard InChI is InChI=1S/C16H14FNO/c1-11-2-3-14(17)8-13(11)10-19-15-4-5-16-12(9-15)6-7-18-16/h2-9,18H,10H2,1H3. The summed E-state index contributed by atoms with van der Waals surface area (Å²) < 4.78 is 18.9. The number of hydrogen-bond acceptors (Lipinski definition) is 1. The van der Waals surface area contributed by atoms with Crippen LogP contribution in [0.15, 0.2) is 48.7 Å². The summed E-state index contributed by atoms with van der Waals surface area (Å²) in [5.74, 6) is 0.557. The fourth-order valence-electron chi connectivity index (χ4n) is 2.08. The largest absolute Gasteiger partial charge is 0.489 e. The van der Waals surface area contributed by atoms with E-state index in [-0.39, 0.29) is 5.82 Å². The van der Waals surface area contributed by atoms with E-state index in [0.29, 0.717) is 6.61 Å². The van der Waals surface area contributed by atoms with Crippen molar-refractivity contribution in [3.8, 4) is 5.75 Å². The average molecular weight is 255 g/mol. The molecule has 0 spiro atoms. The topological polar surface area (TPSA) is 25.0 Å². The maximum absolute atomic E-state index is 13.2. The van der Waals surface area contributed by atoms with Crippen molar-refractivity contribution in [1.29, 1.82) is 0 Å². The summed E-state index contributed by atoms with van der Waals surface area (Å²) in [4.78, 5) is 3.13. The van der Waals surface area contributed by atoms with Crippen LogP contribution in [0.25, 0.3) is 10.9 Å². The Morgan fingerprint density at radius 1 is 1.11 bits per heavy atom. The predicted octanol–water partition coefficient (Wildman–Crippen LogP) is 4.19. The van der Waals surface area contributed by atoms with E-state index in [1.165, 1.54) is 12.1 Å². The number of benzene rings is 2. The lowest BCUT2D eigenvalue weighted by atomic mass is 10.1. The van der Waals surface area contributed by atoms with Crippen LogP contribution in [-0.4, -0.2) is 4.98 Å². The van der Waals surface area contributed by atoms with Crippen LogP contribution in [0, 0.1) is 12.7 Å². The Kier molecular flexibility index (Phi) is 2.95. The molecule has 0 radical (unpaired) electrons. The number of H-pyrrole nitrogens is 1. The number of nitrogens with one attached hydrogen (secondary N) is 1. The minimum absolute atomic E-state index is 0.231. The summed E-state index contributed by atoms with van der Waals surface area (Å²) >= 11 is 0. The van der Waals surface area contributed by atoms with Crippen molar-refractivity contribution in [2.24, 2.45) is 0 Å². The molecular weight excluding hydrogens is 241 g/mol. The van der Waals surface area contributed by atoms with E-state index in [0.717, 1.165) is 27.8 Å². The van der Waals surface area contributed by atoms with Gasteiger partial charge < -0.3 is 9.72 Å². The number of rotatable bonds is 3. The van der Waals surface area contributed by atoms with E-state index in [4.69, 9.17) is 4.74 Å². The molecule has 0 aliphatic carbocycles. The van der Waals surface area contributed by atoms with Crippen LogP contribution in [0.3, 0.4) is 0 Å². The SMILES string of the molecule is Cc1ccc(F)cc1COc1ccc2[nH]ccc2c1. The van der Waals surface area contributed by atoms with Crippen molar-refractivity contribution < 1.29 is 9.13 Å². The van der Waals surface area contributed by atoms with Gasteiger partial charge in [0.15, 0.2) is 0 Å². The van der Waals surface area contributed by atoms with Gasteiger partial charge in [-0.1, -0.05) is 6.07 Å². The van der Waals surface area contributed by atoms with E-state index in [1.54, 1.807) is 6.07 Å². The van der Waals surface area contributed by atoms with Crippen molar-refractivity contribution in [2.75, 3.05) is 0 Å². The zero-order chi connectivity index (χ0) is 13.2. The third-order valence-corrected chi connectivity index (χ3v) is 3.23. The molecule has 2 aromatic carbocycles. The first kappa shape index (κ1) is 11.8. The van der Waals surface area contributed by atoms with E-state index in [2.05, 4.69) is 4.98 Å². The molecule has 3 rings (SSSR count). The quantitative estimate of drug-likeness (QED) is 0.745. The van der Waals surface area contributed by atoms with Crippen LogP contribution in [0.4, 0.5) is 4.39 Å². The average Bonchev–Trinajstić information content (AvgIpc) is 2.87. The molecule has 3 heteroatoms. The van der Waals surface area contributed by atoms with Crippen LogP contribution in [0.1, 0.15) is 11.1 Å². The molecule has 2 nitrogen and oxygen atoms in total. The number of halogens is 1. The Hall–Kier alpha value is -2.29. The normalized spacial score (nSPS) is 10.8. The highest BCUT2D eigenvalue weighted by molar-refractivity contribution is 5.80. The van der Waals surface area contributed by atoms with Crippen LogP contribution < -0.4 is 4.74 Å². The highest BCUT2D eigenvalue weighted by atomic mass is 19.1. The van der Waals surface area contributed by atoms with E-state index in [9.17, 15) is 4.39 Å². The smallest absolute Gasteiger partial charge is 0.123 e. The number of fused-ring (bicyclic) bond motifs is 1. The molecule has 3 aromatic rings. The van der Waals surface area contributed by atoms with Gasteiger partial charge >= 0.3 is 0 Å². The summed E-state index contributed by atoms with van der Waals surface area (Å²) in [5.41, 5.74) is 2.98. The van der Waals surface area contributed by atoms with Gasteiger partial charge in [-0.25, -0.2) is 4.39 Å². The minimum atomic E-state index is -0.231. The molecule has 0 unspecified atom stereocenters. The van der Waals surface area contributed by atoms with Gasteiger partial charge in [0.2, 0.25) is 0 Å². The minimum Gasteiger partial charge on any atom is -0.489 e. The highest BCUT2D eigenvalue weighted by Gasteiger charge is 2.03. The summed E-state index contributed by atoms with van der Waals surface area (Å²) in [6.07, 6.45) is 1.89. The van der Waals surface area contributed by atoms with Gasteiger partial charge in [-0.2, -0.15) is 0 Å². The van der Waals surface area contributed by atoms with Crippen LogP contribution in [-0.2, 0) is 6.61 Å². The maximum atomic E-state index is 13.2. The Bertz CT molecular complexity index is 718. The first-order valence-electron chi connectivity index (χ1n) is 6.17. The third-order valence-electron chi connectivity index (χ3n) is 3.23. The van der Waals surface area contributed by atoms with Crippen molar-refractivity contribution >= 4 is 10.9 Å². The van der Waals surface area contributed by atoms with Crippen LogP contribution in [0.5, 0.6) is 5.75 Å². The third kappa shape index (κ3) is 2.45. The lowest BCUT2D eigenvalue weighted by Gasteiger charge is -2.09. The number of aromatic nitrogens is 1. The molecule has 0 amide bonds. The van der Waals surface area contributed by atoms with Crippen LogP contribution in [0.2, 0.25) is 0 Å². The van der Waals surface area contributed by atoms with E-state index >= 15 is 0 Å². The van der Waals surface area contributed by atoms with Gasteiger partial charge in [0, 0.05) is 17.1 Å². The Labute approximate surface area is 110 Å². The summed E-state index contributed by atoms with van der Waals surface area (Å²) in [7, 11) is 0. The van der Waals surface area contributed by atoms with E-state index in [1.807, 2.05) is 37.4 Å². The maximum Gasteiger partial charge on any atom is 0.123 e. The first-order chi connectivity index (χ1) is 9.22. The summed E-state index contributed by atoms with van der Waals surface area (Å²) in [6.45, 7) is 2.33. The van der Waals surface area contributed by atoms with Crippen molar-refractivity contribution in [1.82, 2.24) is 4.98 Å². The predicted molar refractivity (Wildman–Crippen MR) is 73.8 cm³/mol. The van der Waals surface area contributed by atoms with Crippen molar-refractivity contribution in [3.05, 3.63) is 65.6 Å². The molecule has 0 saturated heterocycles. The monoisotopic (exact) mass is 255 g/mol. The van der Waals surface area contributed by atoms with Gasteiger partial charge in [-0.15, -0.1) is 0 Å². The molecule has 1 N–H and O–H groups in total. The number of aromatic amines is 1. The Morgan fingerprint density at radius 3 is 2.89 bits per heavy atom. The van der Waals surface area contributed by atoms with Gasteiger partial charge in [0.05, 0.1) is 0 Å². The summed E-state index contributed by atoms with van der Waals surface area (Å²) in [6, 6.07) is 12.6. The molecule has 19 heavy (non-hydrogen) atoms. The first-order valence-corrected chi connectivity index (χ1v) is 6.17. The molecule has 0 bridgehead atoms.